The van der Waals surface area contributed by atoms with Crippen LogP contribution < -0.4 is 15.0 Å². The van der Waals surface area contributed by atoms with Gasteiger partial charge in [-0.15, -0.1) is 0 Å². The topological polar surface area (TPSA) is 95.9 Å². The molecule has 2 N–H and O–H groups in total. The normalized spacial score (nSPS) is 14.3. The molecule has 0 aromatic heterocycles. The average Bonchev–Trinajstić information content (AvgIpc) is 2.92. The van der Waals surface area contributed by atoms with Gasteiger partial charge in [0.1, 0.15) is 5.75 Å². The van der Waals surface area contributed by atoms with Crippen molar-refractivity contribution in [1.82, 2.24) is 0 Å². The number of rotatable bonds is 6. The smallest absolute Gasteiger partial charge is 0.327 e. The van der Waals surface area contributed by atoms with Crippen molar-refractivity contribution in [2.45, 2.75) is 19.3 Å². The Balaban J connectivity index is 2.12. The number of carbonyl (C=O) groups is 3. The highest BCUT2D eigenvalue weighted by Gasteiger charge is 2.24. The summed E-state index contributed by atoms with van der Waals surface area (Å²) in [6.45, 7) is 0.619. The van der Waals surface area contributed by atoms with Crippen LogP contribution in [0.3, 0.4) is 0 Å². The summed E-state index contributed by atoms with van der Waals surface area (Å²) >= 11 is 0. The van der Waals surface area contributed by atoms with E-state index in [9.17, 15) is 14.4 Å². The first-order chi connectivity index (χ1) is 11.0. The first-order valence-corrected chi connectivity index (χ1v) is 7.19. The number of carboxylic acid groups (broad SMARTS) is 1. The number of hydrogen-bond donors (Lipinski definition) is 2. The van der Waals surface area contributed by atoms with Gasteiger partial charge in [-0.3, -0.25) is 9.59 Å². The van der Waals surface area contributed by atoms with Gasteiger partial charge in [0.05, 0.1) is 12.8 Å². The number of carbonyl (C=O) groups excluding carboxylic acids is 2. The van der Waals surface area contributed by atoms with E-state index in [-0.39, 0.29) is 18.2 Å². The Morgan fingerprint density at radius 1 is 1.43 bits per heavy atom. The van der Waals surface area contributed by atoms with Crippen LogP contribution in [0.25, 0.3) is 0 Å². The number of benzene rings is 1. The number of hydrogen-bond acceptors (Lipinski definition) is 4. The predicted octanol–water partition coefficient (Wildman–Crippen LogP) is 1.79. The van der Waals surface area contributed by atoms with E-state index < -0.39 is 5.97 Å². The average molecular weight is 318 g/mol. The van der Waals surface area contributed by atoms with E-state index in [2.05, 4.69) is 5.32 Å². The molecule has 7 heteroatoms. The minimum absolute atomic E-state index is 0.0242. The maximum atomic E-state index is 11.9. The monoisotopic (exact) mass is 318 g/mol. The summed E-state index contributed by atoms with van der Waals surface area (Å²) in [5.74, 6) is -0.858. The van der Waals surface area contributed by atoms with Crippen molar-refractivity contribution in [3.63, 3.8) is 0 Å². The number of methoxy groups -OCH3 is 1. The van der Waals surface area contributed by atoms with E-state index in [4.69, 9.17) is 9.84 Å². The van der Waals surface area contributed by atoms with Crippen molar-refractivity contribution in [3.8, 4) is 5.75 Å². The first-order valence-electron chi connectivity index (χ1n) is 7.19. The zero-order valence-corrected chi connectivity index (χ0v) is 12.7. The lowest BCUT2D eigenvalue weighted by atomic mass is 10.2. The Morgan fingerprint density at radius 3 is 2.83 bits per heavy atom. The molecule has 122 valence electrons. The van der Waals surface area contributed by atoms with Crippen molar-refractivity contribution >= 4 is 29.2 Å². The SMILES string of the molecule is COc1ccc(NC(=O)CC=CC(=O)O)cc1N1CCCC1=O. The lowest BCUT2D eigenvalue weighted by Gasteiger charge is -2.20. The first kappa shape index (κ1) is 16.5. The molecular weight excluding hydrogens is 300 g/mol. The molecule has 23 heavy (non-hydrogen) atoms. The van der Waals surface area contributed by atoms with Gasteiger partial charge in [-0.1, -0.05) is 6.08 Å². The summed E-state index contributed by atoms with van der Waals surface area (Å²) in [7, 11) is 1.52. The molecule has 1 heterocycles. The van der Waals surface area contributed by atoms with Crippen LogP contribution in [0, 0.1) is 0 Å². The van der Waals surface area contributed by atoms with Crippen LogP contribution in [0.4, 0.5) is 11.4 Å². The number of amides is 2. The molecule has 0 spiro atoms. The third-order valence-electron chi connectivity index (χ3n) is 3.39. The fourth-order valence-corrected chi connectivity index (χ4v) is 2.36. The van der Waals surface area contributed by atoms with Crippen molar-refractivity contribution in [2.24, 2.45) is 0 Å². The van der Waals surface area contributed by atoms with Gasteiger partial charge in [0, 0.05) is 31.1 Å². The van der Waals surface area contributed by atoms with Crippen LogP contribution in [0.1, 0.15) is 19.3 Å². The van der Waals surface area contributed by atoms with Crippen LogP contribution in [0.15, 0.2) is 30.4 Å². The number of nitrogens with zero attached hydrogens (tertiary/aromatic N) is 1. The second-order valence-corrected chi connectivity index (χ2v) is 5.03. The molecule has 1 fully saturated rings. The highest BCUT2D eigenvalue weighted by Crippen LogP contribution is 2.34. The van der Waals surface area contributed by atoms with E-state index in [1.807, 2.05) is 0 Å². The van der Waals surface area contributed by atoms with Gasteiger partial charge in [0.2, 0.25) is 11.8 Å². The Labute approximate surface area is 133 Å². The number of nitrogens with one attached hydrogen (secondary N) is 1. The van der Waals surface area contributed by atoms with E-state index in [0.29, 0.717) is 30.1 Å². The molecule has 1 saturated heterocycles. The second kappa shape index (κ2) is 7.44. The highest BCUT2D eigenvalue weighted by molar-refractivity contribution is 5.98. The van der Waals surface area contributed by atoms with Crippen LogP contribution in [0.2, 0.25) is 0 Å². The number of ether oxygens (including phenoxy) is 1. The molecule has 1 aliphatic rings. The molecule has 2 rings (SSSR count). The molecule has 1 aliphatic heterocycles. The molecule has 0 radical (unpaired) electrons. The molecule has 0 saturated carbocycles. The zero-order chi connectivity index (χ0) is 16.8. The minimum Gasteiger partial charge on any atom is -0.495 e. The molecule has 1 aromatic carbocycles. The van der Waals surface area contributed by atoms with Crippen molar-refractivity contribution in [3.05, 3.63) is 30.4 Å². The number of carboxylic acids is 1. The van der Waals surface area contributed by atoms with Gasteiger partial charge in [-0.05, 0) is 24.6 Å². The van der Waals surface area contributed by atoms with Gasteiger partial charge < -0.3 is 20.1 Å². The van der Waals surface area contributed by atoms with E-state index in [1.54, 1.807) is 23.1 Å². The molecule has 2 amide bonds. The summed E-state index contributed by atoms with van der Waals surface area (Å²) < 4.78 is 5.27. The molecular formula is C16H18N2O5. The van der Waals surface area contributed by atoms with Crippen molar-refractivity contribution < 1.29 is 24.2 Å². The Morgan fingerprint density at radius 2 is 2.22 bits per heavy atom. The zero-order valence-electron chi connectivity index (χ0n) is 12.7. The maximum Gasteiger partial charge on any atom is 0.327 e. The van der Waals surface area contributed by atoms with E-state index in [1.165, 1.54) is 13.2 Å². The summed E-state index contributed by atoms with van der Waals surface area (Å²) in [5.41, 5.74) is 1.14. The van der Waals surface area contributed by atoms with Gasteiger partial charge >= 0.3 is 5.97 Å². The lowest BCUT2D eigenvalue weighted by Crippen LogP contribution is -2.24. The Bertz CT molecular complexity index is 654. The summed E-state index contributed by atoms with van der Waals surface area (Å²) in [5, 5.41) is 11.2. The molecule has 0 aliphatic carbocycles. The van der Waals surface area contributed by atoms with Crippen molar-refractivity contribution in [1.29, 1.82) is 0 Å². The van der Waals surface area contributed by atoms with Crippen LogP contribution in [0.5, 0.6) is 5.75 Å². The highest BCUT2D eigenvalue weighted by atomic mass is 16.5. The molecule has 1 aromatic rings. The lowest BCUT2D eigenvalue weighted by molar-refractivity contribution is -0.131. The standard InChI is InChI=1S/C16H18N2O5/c1-23-13-8-7-11(17-14(19)4-2-6-16(21)22)10-12(13)18-9-3-5-15(18)20/h2,6-8,10H,3-5,9H2,1H3,(H,17,19)(H,21,22). The fraction of sp³-hybridized carbons (Fsp3) is 0.312. The van der Waals surface area contributed by atoms with E-state index >= 15 is 0 Å². The van der Waals surface area contributed by atoms with Crippen LogP contribution in [-0.4, -0.2) is 36.5 Å². The van der Waals surface area contributed by atoms with Crippen LogP contribution in [-0.2, 0) is 14.4 Å². The molecule has 0 bridgehead atoms. The largest absolute Gasteiger partial charge is 0.495 e. The summed E-state index contributed by atoms with van der Waals surface area (Å²) in [4.78, 5) is 35.7. The second-order valence-electron chi connectivity index (χ2n) is 5.03. The molecule has 0 atom stereocenters. The minimum atomic E-state index is -1.10. The Kier molecular flexibility index (Phi) is 5.35. The quantitative estimate of drug-likeness (QED) is 0.780. The molecule has 7 nitrogen and oxygen atoms in total. The van der Waals surface area contributed by atoms with Crippen LogP contribution >= 0.6 is 0 Å². The number of aliphatic carboxylic acids is 1. The predicted molar refractivity (Wildman–Crippen MR) is 84.6 cm³/mol. The summed E-state index contributed by atoms with van der Waals surface area (Å²) in [6.07, 6.45) is 3.43. The third kappa shape index (κ3) is 4.32. The van der Waals surface area contributed by atoms with Gasteiger partial charge in [-0.25, -0.2) is 4.79 Å². The van der Waals surface area contributed by atoms with E-state index in [0.717, 1.165) is 12.5 Å². The van der Waals surface area contributed by atoms with Gasteiger partial charge in [0.25, 0.3) is 0 Å². The molecule has 0 unspecified atom stereocenters. The fourth-order valence-electron chi connectivity index (χ4n) is 2.36. The van der Waals surface area contributed by atoms with Gasteiger partial charge in [-0.2, -0.15) is 0 Å². The third-order valence-corrected chi connectivity index (χ3v) is 3.39. The maximum absolute atomic E-state index is 11.9. The summed E-state index contributed by atoms with van der Waals surface area (Å²) in [6, 6.07) is 5.03. The van der Waals surface area contributed by atoms with Gasteiger partial charge in [0.15, 0.2) is 0 Å². The number of anilines is 2. The van der Waals surface area contributed by atoms with Crippen molar-refractivity contribution in [2.75, 3.05) is 23.9 Å². The Hall–Kier alpha value is -2.83.